The van der Waals surface area contributed by atoms with Crippen molar-refractivity contribution in [3.05, 3.63) is 40.1 Å². The SMILES string of the molecule is C=Cc1ccc(Br)c(C(F)(F)F)c1F. The summed E-state index contributed by atoms with van der Waals surface area (Å²) in [4.78, 5) is 0. The van der Waals surface area contributed by atoms with E-state index in [4.69, 9.17) is 0 Å². The summed E-state index contributed by atoms with van der Waals surface area (Å²) in [6.07, 6.45) is -3.67. The lowest BCUT2D eigenvalue weighted by Gasteiger charge is -2.11. The molecule has 0 radical (unpaired) electrons. The topological polar surface area (TPSA) is 0 Å². The van der Waals surface area contributed by atoms with Crippen molar-refractivity contribution in [2.45, 2.75) is 6.18 Å². The summed E-state index contributed by atoms with van der Waals surface area (Å²) in [5.74, 6) is -1.30. The average molecular weight is 269 g/mol. The molecule has 0 unspecified atom stereocenters. The quantitative estimate of drug-likeness (QED) is 0.668. The normalized spacial score (nSPS) is 11.5. The molecule has 0 saturated carbocycles. The zero-order chi connectivity index (χ0) is 10.9. The molecule has 1 aromatic rings. The van der Waals surface area contributed by atoms with Gasteiger partial charge >= 0.3 is 6.18 Å². The maximum Gasteiger partial charge on any atom is 0.420 e. The molecule has 0 aliphatic heterocycles. The molecule has 0 spiro atoms. The van der Waals surface area contributed by atoms with Gasteiger partial charge in [0.25, 0.3) is 0 Å². The van der Waals surface area contributed by atoms with E-state index in [1.165, 1.54) is 6.07 Å². The fourth-order valence-corrected chi connectivity index (χ4v) is 1.52. The van der Waals surface area contributed by atoms with E-state index in [0.29, 0.717) is 0 Å². The first-order valence-electron chi connectivity index (χ1n) is 3.55. The zero-order valence-corrected chi connectivity index (χ0v) is 8.41. The predicted molar refractivity (Wildman–Crippen MR) is 49.2 cm³/mol. The molecule has 0 aliphatic rings. The summed E-state index contributed by atoms with van der Waals surface area (Å²) in [6.45, 7) is 3.22. The average Bonchev–Trinajstić information content (AvgIpc) is 2.02. The standard InChI is InChI=1S/C9H5BrF4/c1-2-5-3-4-6(10)7(8(5)11)9(12,13)14/h2-4H,1H2. The number of alkyl halides is 3. The van der Waals surface area contributed by atoms with E-state index in [1.807, 2.05) is 0 Å². The van der Waals surface area contributed by atoms with Gasteiger partial charge < -0.3 is 0 Å². The fraction of sp³-hybridized carbons (Fsp3) is 0.111. The van der Waals surface area contributed by atoms with Crippen LogP contribution in [0.3, 0.4) is 0 Å². The number of rotatable bonds is 1. The van der Waals surface area contributed by atoms with Crippen molar-refractivity contribution in [1.29, 1.82) is 0 Å². The Hall–Kier alpha value is -0.840. The van der Waals surface area contributed by atoms with E-state index >= 15 is 0 Å². The summed E-state index contributed by atoms with van der Waals surface area (Å²) in [5, 5.41) is 0. The molecule has 0 aliphatic carbocycles. The Labute approximate surface area is 86.4 Å². The van der Waals surface area contributed by atoms with Crippen LogP contribution < -0.4 is 0 Å². The minimum atomic E-state index is -4.71. The summed E-state index contributed by atoms with van der Waals surface area (Å²) in [6, 6.07) is 2.37. The van der Waals surface area contributed by atoms with Crippen LogP contribution in [0.5, 0.6) is 0 Å². The highest BCUT2D eigenvalue weighted by Gasteiger charge is 2.37. The Morgan fingerprint density at radius 2 is 1.86 bits per heavy atom. The van der Waals surface area contributed by atoms with Crippen molar-refractivity contribution in [2.75, 3.05) is 0 Å². The Balaban J connectivity index is 3.48. The zero-order valence-electron chi connectivity index (χ0n) is 6.83. The highest BCUT2D eigenvalue weighted by molar-refractivity contribution is 9.10. The first-order chi connectivity index (χ1) is 6.38. The van der Waals surface area contributed by atoms with Gasteiger partial charge in [0, 0.05) is 10.0 Å². The van der Waals surface area contributed by atoms with E-state index in [0.717, 1.165) is 12.1 Å². The van der Waals surface area contributed by atoms with Crippen LogP contribution in [-0.4, -0.2) is 0 Å². The van der Waals surface area contributed by atoms with E-state index < -0.39 is 17.6 Å². The van der Waals surface area contributed by atoms with Gasteiger partial charge in [0.2, 0.25) is 0 Å². The van der Waals surface area contributed by atoms with Crippen LogP contribution in [0.1, 0.15) is 11.1 Å². The maximum absolute atomic E-state index is 13.2. The van der Waals surface area contributed by atoms with Crippen molar-refractivity contribution >= 4 is 22.0 Å². The van der Waals surface area contributed by atoms with E-state index in [1.54, 1.807) is 0 Å². The summed E-state index contributed by atoms with van der Waals surface area (Å²) < 4.78 is 49.9. The molecule has 0 aromatic heterocycles. The fourth-order valence-electron chi connectivity index (χ4n) is 0.986. The van der Waals surface area contributed by atoms with Gasteiger partial charge in [-0.15, -0.1) is 0 Å². The molecule has 5 heteroatoms. The molecule has 1 aromatic carbocycles. The van der Waals surface area contributed by atoms with E-state index in [-0.39, 0.29) is 10.0 Å². The molecule has 0 fully saturated rings. The minimum absolute atomic E-state index is 0.166. The van der Waals surface area contributed by atoms with Gasteiger partial charge in [-0.2, -0.15) is 13.2 Å². The third kappa shape index (κ3) is 1.97. The smallest absolute Gasteiger partial charge is 0.206 e. The van der Waals surface area contributed by atoms with E-state index in [9.17, 15) is 17.6 Å². The molecule has 14 heavy (non-hydrogen) atoms. The molecule has 0 atom stereocenters. The van der Waals surface area contributed by atoms with E-state index in [2.05, 4.69) is 22.5 Å². The predicted octanol–water partition coefficient (Wildman–Crippen LogP) is 4.25. The van der Waals surface area contributed by atoms with Crippen LogP contribution in [0.15, 0.2) is 23.2 Å². The Kier molecular flexibility index (Phi) is 2.99. The van der Waals surface area contributed by atoms with Gasteiger partial charge in [0.05, 0.1) is 0 Å². The second-order valence-electron chi connectivity index (χ2n) is 2.53. The van der Waals surface area contributed by atoms with Crippen molar-refractivity contribution in [2.24, 2.45) is 0 Å². The summed E-state index contributed by atoms with van der Waals surface area (Å²) in [7, 11) is 0. The second kappa shape index (κ2) is 3.73. The molecule has 1 rings (SSSR count). The number of hydrogen-bond donors (Lipinski definition) is 0. The maximum atomic E-state index is 13.2. The molecule has 0 nitrogen and oxygen atoms in total. The van der Waals surface area contributed by atoms with Gasteiger partial charge in [-0.3, -0.25) is 0 Å². The van der Waals surface area contributed by atoms with Crippen molar-refractivity contribution in [1.82, 2.24) is 0 Å². The Bertz CT molecular complexity index is 368. The molecular formula is C9H5BrF4. The third-order valence-corrected chi connectivity index (χ3v) is 2.29. The Morgan fingerprint density at radius 1 is 1.29 bits per heavy atom. The molecule has 76 valence electrons. The molecule has 0 saturated heterocycles. The van der Waals surface area contributed by atoms with Gasteiger partial charge in [-0.1, -0.05) is 34.7 Å². The van der Waals surface area contributed by atoms with Crippen LogP contribution in [0.4, 0.5) is 17.6 Å². The first-order valence-corrected chi connectivity index (χ1v) is 4.35. The first kappa shape index (κ1) is 11.2. The van der Waals surface area contributed by atoms with Gasteiger partial charge in [0.15, 0.2) is 0 Å². The molecular weight excluding hydrogens is 264 g/mol. The van der Waals surface area contributed by atoms with Gasteiger partial charge in [-0.05, 0) is 6.07 Å². The largest absolute Gasteiger partial charge is 0.420 e. The highest BCUT2D eigenvalue weighted by Crippen LogP contribution is 2.37. The van der Waals surface area contributed by atoms with Crippen molar-refractivity contribution in [3.8, 4) is 0 Å². The van der Waals surface area contributed by atoms with Crippen molar-refractivity contribution < 1.29 is 17.6 Å². The summed E-state index contributed by atoms with van der Waals surface area (Å²) in [5.41, 5.74) is -1.46. The van der Waals surface area contributed by atoms with Gasteiger partial charge in [-0.25, -0.2) is 4.39 Å². The van der Waals surface area contributed by atoms with Crippen molar-refractivity contribution in [3.63, 3.8) is 0 Å². The van der Waals surface area contributed by atoms with Crippen LogP contribution in [0, 0.1) is 5.82 Å². The van der Waals surface area contributed by atoms with Crippen LogP contribution in [-0.2, 0) is 6.18 Å². The lowest BCUT2D eigenvalue weighted by atomic mass is 10.1. The van der Waals surface area contributed by atoms with Crippen LogP contribution >= 0.6 is 15.9 Å². The highest BCUT2D eigenvalue weighted by atomic mass is 79.9. The molecule has 0 amide bonds. The molecule has 0 heterocycles. The lowest BCUT2D eigenvalue weighted by molar-refractivity contribution is -0.140. The monoisotopic (exact) mass is 268 g/mol. The third-order valence-electron chi connectivity index (χ3n) is 1.62. The van der Waals surface area contributed by atoms with Crippen LogP contribution in [0.25, 0.3) is 6.08 Å². The number of hydrogen-bond acceptors (Lipinski definition) is 0. The minimum Gasteiger partial charge on any atom is -0.206 e. The summed E-state index contributed by atoms with van der Waals surface area (Å²) >= 11 is 2.65. The Morgan fingerprint density at radius 3 is 2.29 bits per heavy atom. The second-order valence-corrected chi connectivity index (χ2v) is 3.38. The lowest BCUT2D eigenvalue weighted by Crippen LogP contribution is -2.10. The number of halogens is 5. The molecule has 0 N–H and O–H groups in total. The van der Waals surface area contributed by atoms with Gasteiger partial charge in [0.1, 0.15) is 11.4 Å². The molecule has 0 bridgehead atoms. The number of benzene rings is 1. The van der Waals surface area contributed by atoms with Crippen LogP contribution in [0.2, 0.25) is 0 Å².